The smallest absolute Gasteiger partial charge is 0.303 e. The van der Waals surface area contributed by atoms with E-state index in [0.717, 1.165) is 6.26 Å². The van der Waals surface area contributed by atoms with Crippen molar-refractivity contribution in [1.29, 1.82) is 0 Å². The lowest BCUT2D eigenvalue weighted by Crippen LogP contribution is -2.55. The standard InChI is InChI=1S/C21H22N4O6S/c1-32(30,31)24-16-10-8-14(9-11-16)18-13-19(15-4-2-5-17(12-15)23-29)25(22-18)20(26)6-3-7-21(27)28/h2,4-5,8-12,19,24H,3,6-7,13H2,1H3,(H,27,28)/p+1. The van der Waals surface area contributed by atoms with Gasteiger partial charge in [0.1, 0.15) is 0 Å². The van der Waals surface area contributed by atoms with Gasteiger partial charge in [0, 0.05) is 47.2 Å². The molecule has 1 heterocycles. The van der Waals surface area contributed by atoms with Crippen molar-refractivity contribution in [2.45, 2.75) is 31.7 Å². The van der Waals surface area contributed by atoms with Crippen LogP contribution in [-0.4, -0.2) is 42.4 Å². The fourth-order valence-electron chi connectivity index (χ4n) is 3.43. The second-order valence-electron chi connectivity index (χ2n) is 7.43. The number of carbonyl (C=O) groups is 2. The second-order valence-corrected chi connectivity index (χ2v) is 9.18. The molecule has 0 saturated heterocycles. The molecule has 0 spiro atoms. The number of nitroso groups, excluding NO2 is 1. The number of sulfonamides is 1. The van der Waals surface area contributed by atoms with E-state index in [9.17, 15) is 22.9 Å². The topological polar surface area (TPSA) is 147 Å². The van der Waals surface area contributed by atoms with Gasteiger partial charge in [-0.25, -0.2) is 13.4 Å². The van der Waals surface area contributed by atoms with E-state index in [1.807, 2.05) is 5.18 Å². The summed E-state index contributed by atoms with van der Waals surface area (Å²) in [6.45, 7) is 0. The number of amides is 1. The third-order valence-corrected chi connectivity index (χ3v) is 5.46. The molecule has 1 atom stereocenters. The molecular formula is C21H23N4O6S+. The Labute approximate surface area is 185 Å². The zero-order chi connectivity index (χ0) is 23.3. The molecule has 3 N–H and O–H groups in total. The van der Waals surface area contributed by atoms with E-state index in [1.165, 1.54) is 5.01 Å². The number of carboxylic acid groups (broad SMARTS) is 1. The molecular weight excluding hydrogens is 436 g/mol. The van der Waals surface area contributed by atoms with E-state index < -0.39 is 22.0 Å². The Morgan fingerprint density at radius 1 is 1.19 bits per heavy atom. The van der Waals surface area contributed by atoms with Gasteiger partial charge >= 0.3 is 5.97 Å². The zero-order valence-electron chi connectivity index (χ0n) is 17.3. The summed E-state index contributed by atoms with van der Waals surface area (Å²) in [5, 5.41) is 16.5. The molecule has 1 amide bonds. The van der Waals surface area contributed by atoms with Gasteiger partial charge in [-0.3, -0.25) is 14.3 Å². The Morgan fingerprint density at radius 3 is 2.53 bits per heavy atom. The summed E-state index contributed by atoms with van der Waals surface area (Å²) in [6.07, 6.45) is 1.54. The monoisotopic (exact) mass is 459 g/mol. The number of hydrazone groups is 1. The first kappa shape index (κ1) is 23.1. The first-order valence-corrected chi connectivity index (χ1v) is 11.7. The molecule has 0 fully saturated rings. The molecule has 3 rings (SSSR count). The van der Waals surface area contributed by atoms with Gasteiger partial charge < -0.3 is 5.11 Å². The van der Waals surface area contributed by atoms with Crippen LogP contribution >= 0.6 is 0 Å². The van der Waals surface area contributed by atoms with E-state index in [1.54, 1.807) is 48.5 Å². The number of nitrogens with one attached hydrogen (secondary N) is 2. The summed E-state index contributed by atoms with van der Waals surface area (Å²) in [5.41, 5.74) is 2.81. The van der Waals surface area contributed by atoms with Crippen LogP contribution in [0, 0.1) is 4.91 Å². The van der Waals surface area contributed by atoms with Crippen LogP contribution in [0.3, 0.4) is 0 Å². The van der Waals surface area contributed by atoms with Crippen molar-refractivity contribution in [3.05, 3.63) is 64.6 Å². The van der Waals surface area contributed by atoms with Crippen molar-refractivity contribution in [2.75, 3.05) is 11.0 Å². The normalized spacial score (nSPS) is 15.8. The molecule has 2 aromatic rings. The highest BCUT2D eigenvalue weighted by molar-refractivity contribution is 7.92. The molecule has 1 aliphatic rings. The van der Waals surface area contributed by atoms with Gasteiger partial charge in [0.25, 0.3) is 5.69 Å². The van der Waals surface area contributed by atoms with E-state index in [4.69, 9.17) is 5.11 Å². The van der Waals surface area contributed by atoms with E-state index in [-0.39, 0.29) is 25.2 Å². The van der Waals surface area contributed by atoms with Crippen LogP contribution in [-0.2, 0) is 19.6 Å². The number of carbonyl (C=O) groups excluding carboxylic acids is 1. The Hall–Kier alpha value is -3.60. The third kappa shape index (κ3) is 5.97. The van der Waals surface area contributed by atoms with Gasteiger partial charge in [-0.1, -0.05) is 24.3 Å². The Balaban J connectivity index is 1.87. The molecule has 10 nitrogen and oxygen atoms in total. The SMILES string of the molecule is CS(=O)(=O)Nc1ccc(C2=NN(C(=O)CCCC(=O)O)C(c3cccc([NH+]=O)c3)C2)cc1. The molecule has 32 heavy (non-hydrogen) atoms. The number of hydrogen-bond donors (Lipinski definition) is 3. The molecule has 2 aromatic carbocycles. The van der Waals surface area contributed by atoms with Crippen molar-refractivity contribution >= 4 is 39.0 Å². The zero-order valence-corrected chi connectivity index (χ0v) is 18.1. The number of benzene rings is 2. The quantitative estimate of drug-likeness (QED) is 0.517. The predicted octanol–water partition coefficient (Wildman–Crippen LogP) is 1.47. The van der Waals surface area contributed by atoms with Gasteiger partial charge in [0.2, 0.25) is 15.9 Å². The molecule has 1 unspecified atom stereocenters. The third-order valence-electron chi connectivity index (χ3n) is 4.86. The second kappa shape index (κ2) is 9.69. The lowest BCUT2D eigenvalue weighted by molar-refractivity contribution is -0.379. The van der Waals surface area contributed by atoms with Crippen LogP contribution in [0.2, 0.25) is 0 Å². The summed E-state index contributed by atoms with van der Waals surface area (Å²) >= 11 is 0. The van der Waals surface area contributed by atoms with Crippen LogP contribution < -0.4 is 9.90 Å². The molecule has 0 bridgehead atoms. The van der Waals surface area contributed by atoms with Gasteiger partial charge in [-0.2, -0.15) is 5.10 Å². The van der Waals surface area contributed by atoms with Crippen LogP contribution in [0.15, 0.2) is 53.6 Å². The van der Waals surface area contributed by atoms with Crippen LogP contribution in [0.5, 0.6) is 0 Å². The Bertz CT molecular complexity index is 1160. The van der Waals surface area contributed by atoms with Gasteiger partial charge in [0.05, 0.1) is 18.0 Å². The lowest BCUT2D eigenvalue weighted by Gasteiger charge is -2.21. The largest absolute Gasteiger partial charge is 0.481 e. The summed E-state index contributed by atoms with van der Waals surface area (Å²) < 4.78 is 25.2. The van der Waals surface area contributed by atoms with E-state index >= 15 is 0 Å². The maximum atomic E-state index is 12.8. The molecule has 0 aliphatic carbocycles. The average Bonchev–Trinajstić information content (AvgIpc) is 3.18. The van der Waals surface area contributed by atoms with E-state index in [0.29, 0.717) is 34.6 Å². The minimum atomic E-state index is -3.40. The maximum absolute atomic E-state index is 12.8. The highest BCUT2D eigenvalue weighted by atomic mass is 32.2. The van der Waals surface area contributed by atoms with Crippen molar-refractivity contribution < 1.29 is 28.3 Å². The molecule has 0 aromatic heterocycles. The molecule has 0 radical (unpaired) electrons. The average molecular weight is 460 g/mol. The highest BCUT2D eigenvalue weighted by Crippen LogP contribution is 2.34. The van der Waals surface area contributed by atoms with Crippen molar-refractivity contribution in [2.24, 2.45) is 5.10 Å². The summed E-state index contributed by atoms with van der Waals surface area (Å²) in [4.78, 5) is 34.7. The van der Waals surface area contributed by atoms with Crippen LogP contribution in [0.1, 0.15) is 42.9 Å². The van der Waals surface area contributed by atoms with Crippen molar-refractivity contribution in [3.8, 4) is 0 Å². The minimum absolute atomic E-state index is 0.0241. The predicted molar refractivity (Wildman–Crippen MR) is 118 cm³/mol. The number of aliphatic carboxylic acids is 1. The van der Waals surface area contributed by atoms with Gasteiger partial charge in [-0.15, -0.1) is 0 Å². The number of nitrogens with zero attached hydrogens (tertiary/aromatic N) is 2. The van der Waals surface area contributed by atoms with Crippen LogP contribution in [0.25, 0.3) is 0 Å². The number of anilines is 1. The van der Waals surface area contributed by atoms with Crippen molar-refractivity contribution in [1.82, 2.24) is 5.01 Å². The number of hydrogen-bond acceptors (Lipinski definition) is 6. The molecule has 168 valence electrons. The minimum Gasteiger partial charge on any atom is -0.481 e. The molecule has 1 aliphatic heterocycles. The lowest BCUT2D eigenvalue weighted by atomic mass is 9.97. The maximum Gasteiger partial charge on any atom is 0.303 e. The summed E-state index contributed by atoms with van der Waals surface area (Å²) in [6, 6.07) is 12.9. The van der Waals surface area contributed by atoms with E-state index in [2.05, 4.69) is 9.82 Å². The van der Waals surface area contributed by atoms with Crippen molar-refractivity contribution in [3.63, 3.8) is 0 Å². The summed E-state index contributed by atoms with van der Waals surface area (Å²) in [7, 11) is -3.40. The first-order valence-electron chi connectivity index (χ1n) is 9.84. The molecule has 0 saturated carbocycles. The Kier molecular flexibility index (Phi) is 6.98. The number of rotatable bonds is 9. The van der Waals surface area contributed by atoms with Crippen LogP contribution in [0.4, 0.5) is 11.4 Å². The first-order chi connectivity index (χ1) is 15.2. The fourth-order valence-corrected chi connectivity index (χ4v) is 4.00. The van der Waals surface area contributed by atoms with Gasteiger partial charge in [-0.05, 0) is 29.7 Å². The summed E-state index contributed by atoms with van der Waals surface area (Å²) in [5.74, 6) is -1.29. The number of carboxylic acids is 1. The highest BCUT2D eigenvalue weighted by Gasteiger charge is 2.33. The Morgan fingerprint density at radius 2 is 1.91 bits per heavy atom. The van der Waals surface area contributed by atoms with Gasteiger partial charge in [0.15, 0.2) is 0 Å². The molecule has 11 heteroatoms. The fraction of sp³-hybridized carbons (Fsp3) is 0.286.